The maximum Gasteiger partial charge on any atom is 0.150 e. The van der Waals surface area contributed by atoms with Crippen LogP contribution in [-0.4, -0.2) is 25.7 Å². The highest BCUT2D eigenvalue weighted by atomic mass is 32.2. The monoisotopic (exact) mass is 280 g/mol. The number of carbonyl (C=O) groups excluding carboxylic acids is 1. The van der Waals surface area contributed by atoms with Gasteiger partial charge in [0.2, 0.25) is 0 Å². The lowest BCUT2D eigenvalue weighted by Crippen LogP contribution is -2.21. The van der Waals surface area contributed by atoms with E-state index in [0.29, 0.717) is 12.8 Å². The molecule has 1 aromatic carbocycles. The quantitative estimate of drug-likeness (QED) is 0.771. The molecule has 0 heterocycles. The zero-order chi connectivity index (χ0) is 13.9. The summed E-state index contributed by atoms with van der Waals surface area (Å²) >= 11 is 0. The van der Waals surface area contributed by atoms with E-state index in [1.54, 1.807) is 6.92 Å². The van der Waals surface area contributed by atoms with Gasteiger partial charge >= 0.3 is 0 Å². The molecule has 4 heteroatoms. The fourth-order valence-corrected chi connectivity index (χ4v) is 3.32. The molecule has 0 spiro atoms. The van der Waals surface area contributed by atoms with Crippen LogP contribution in [0.15, 0.2) is 30.3 Å². The molecule has 0 saturated heterocycles. The van der Waals surface area contributed by atoms with Crippen molar-refractivity contribution < 1.29 is 13.2 Å². The Morgan fingerprint density at radius 3 is 2.37 bits per heavy atom. The highest BCUT2D eigenvalue weighted by Crippen LogP contribution is 2.49. The van der Waals surface area contributed by atoms with Crippen molar-refractivity contribution in [3.05, 3.63) is 35.9 Å². The zero-order valence-corrected chi connectivity index (χ0v) is 12.1. The van der Waals surface area contributed by atoms with Crippen LogP contribution in [-0.2, 0) is 20.0 Å². The van der Waals surface area contributed by atoms with Crippen molar-refractivity contribution >= 4 is 15.6 Å². The van der Waals surface area contributed by atoms with Crippen LogP contribution in [0.2, 0.25) is 0 Å². The highest BCUT2D eigenvalue weighted by Gasteiger charge is 2.49. The Kier molecular flexibility index (Phi) is 4.09. The van der Waals surface area contributed by atoms with Crippen molar-refractivity contribution in [1.82, 2.24) is 0 Å². The van der Waals surface area contributed by atoms with Crippen LogP contribution in [0.5, 0.6) is 0 Å². The van der Waals surface area contributed by atoms with Gasteiger partial charge in [-0.1, -0.05) is 37.3 Å². The number of rotatable bonds is 7. The van der Waals surface area contributed by atoms with Crippen molar-refractivity contribution in [2.45, 2.75) is 38.0 Å². The minimum atomic E-state index is -2.96. The summed E-state index contributed by atoms with van der Waals surface area (Å²) in [5, 5.41) is 0. The molecule has 1 aliphatic rings. The van der Waals surface area contributed by atoms with Crippen molar-refractivity contribution in [3.63, 3.8) is 0 Å². The number of benzene rings is 1. The number of Topliss-reactive ketones (excluding diaryl/α,β-unsaturated/α-hetero) is 1. The van der Waals surface area contributed by atoms with E-state index in [2.05, 4.69) is 0 Å². The molecule has 1 aromatic rings. The van der Waals surface area contributed by atoms with Crippen LogP contribution in [0.1, 0.15) is 38.2 Å². The van der Waals surface area contributed by atoms with E-state index >= 15 is 0 Å². The third-order valence-electron chi connectivity index (χ3n) is 3.91. The van der Waals surface area contributed by atoms with Gasteiger partial charge in [0.05, 0.1) is 11.2 Å². The molecule has 0 N–H and O–H groups in total. The second kappa shape index (κ2) is 5.45. The molecule has 0 atom stereocenters. The van der Waals surface area contributed by atoms with Gasteiger partial charge in [0.1, 0.15) is 15.6 Å². The number of hydrogen-bond acceptors (Lipinski definition) is 3. The average molecular weight is 280 g/mol. The molecular formula is C15H20O3S. The summed E-state index contributed by atoms with van der Waals surface area (Å²) < 4.78 is 22.8. The van der Waals surface area contributed by atoms with E-state index in [9.17, 15) is 13.2 Å². The van der Waals surface area contributed by atoms with Gasteiger partial charge in [-0.3, -0.25) is 4.79 Å². The standard InChI is InChI=1S/C15H20O3S/c1-2-19(17,18)12-6-9-14(16)15(10-11-15)13-7-4-3-5-8-13/h3-5,7-8H,2,6,9-12H2,1H3. The summed E-state index contributed by atoms with van der Waals surface area (Å²) in [5.41, 5.74) is 0.774. The summed E-state index contributed by atoms with van der Waals surface area (Å²) in [6, 6.07) is 9.83. The Balaban J connectivity index is 1.94. The number of sulfone groups is 1. The lowest BCUT2D eigenvalue weighted by molar-refractivity contribution is -0.121. The highest BCUT2D eigenvalue weighted by molar-refractivity contribution is 7.91. The van der Waals surface area contributed by atoms with Gasteiger partial charge in [0, 0.05) is 12.2 Å². The summed E-state index contributed by atoms with van der Waals surface area (Å²) in [4.78, 5) is 12.3. The molecule has 0 radical (unpaired) electrons. The molecule has 0 aliphatic heterocycles. The summed E-state index contributed by atoms with van der Waals surface area (Å²) in [6.45, 7) is 1.64. The molecule has 1 fully saturated rings. The first kappa shape index (κ1) is 14.3. The maximum atomic E-state index is 12.3. The fourth-order valence-electron chi connectivity index (χ4n) is 2.45. The summed E-state index contributed by atoms with van der Waals surface area (Å²) in [7, 11) is -2.96. The minimum Gasteiger partial charge on any atom is -0.299 e. The predicted molar refractivity (Wildman–Crippen MR) is 75.9 cm³/mol. The maximum absolute atomic E-state index is 12.3. The average Bonchev–Trinajstić information content (AvgIpc) is 3.21. The first-order valence-corrected chi connectivity index (χ1v) is 8.61. The third kappa shape index (κ3) is 3.24. The van der Waals surface area contributed by atoms with E-state index in [1.807, 2.05) is 30.3 Å². The van der Waals surface area contributed by atoms with Gasteiger partial charge in [-0.25, -0.2) is 8.42 Å². The zero-order valence-electron chi connectivity index (χ0n) is 11.3. The Bertz CT molecular complexity index is 542. The van der Waals surface area contributed by atoms with Gasteiger partial charge in [-0.2, -0.15) is 0 Å². The molecule has 19 heavy (non-hydrogen) atoms. The van der Waals surface area contributed by atoms with E-state index < -0.39 is 9.84 Å². The molecule has 104 valence electrons. The number of carbonyl (C=O) groups is 1. The largest absolute Gasteiger partial charge is 0.299 e. The normalized spacial score (nSPS) is 17.1. The second-order valence-corrected chi connectivity index (χ2v) is 7.68. The second-order valence-electron chi connectivity index (χ2n) is 5.21. The first-order valence-electron chi connectivity index (χ1n) is 6.79. The van der Waals surface area contributed by atoms with Gasteiger partial charge in [0.15, 0.2) is 0 Å². The van der Waals surface area contributed by atoms with Crippen molar-refractivity contribution in [2.24, 2.45) is 0 Å². The Morgan fingerprint density at radius 2 is 1.84 bits per heavy atom. The van der Waals surface area contributed by atoms with Gasteiger partial charge in [-0.15, -0.1) is 0 Å². The smallest absolute Gasteiger partial charge is 0.150 e. The number of hydrogen-bond donors (Lipinski definition) is 0. The van der Waals surface area contributed by atoms with E-state index in [-0.39, 0.29) is 22.7 Å². The molecule has 0 aromatic heterocycles. The van der Waals surface area contributed by atoms with Crippen LogP contribution < -0.4 is 0 Å². The van der Waals surface area contributed by atoms with Crippen LogP contribution >= 0.6 is 0 Å². The predicted octanol–water partition coefficient (Wildman–Crippen LogP) is 2.50. The van der Waals surface area contributed by atoms with Crippen molar-refractivity contribution in [1.29, 1.82) is 0 Å². The minimum absolute atomic E-state index is 0.125. The molecule has 1 saturated carbocycles. The van der Waals surface area contributed by atoms with Crippen LogP contribution in [0.4, 0.5) is 0 Å². The van der Waals surface area contributed by atoms with Crippen LogP contribution in [0, 0.1) is 0 Å². The Morgan fingerprint density at radius 1 is 1.21 bits per heavy atom. The van der Waals surface area contributed by atoms with Crippen molar-refractivity contribution in [2.75, 3.05) is 11.5 Å². The summed E-state index contributed by atoms with van der Waals surface area (Å²) in [5.74, 6) is 0.482. The molecule has 2 rings (SSSR count). The molecule has 0 bridgehead atoms. The fraction of sp³-hybridized carbons (Fsp3) is 0.533. The Labute approximate surface area is 114 Å². The van der Waals surface area contributed by atoms with Crippen LogP contribution in [0.3, 0.4) is 0 Å². The SMILES string of the molecule is CCS(=O)(=O)CCCC(=O)C1(c2ccccc2)CC1. The van der Waals surface area contributed by atoms with Crippen molar-refractivity contribution in [3.8, 4) is 0 Å². The summed E-state index contributed by atoms with van der Waals surface area (Å²) in [6.07, 6.45) is 2.62. The Hall–Kier alpha value is -1.16. The molecule has 0 amide bonds. The van der Waals surface area contributed by atoms with E-state index in [0.717, 1.165) is 18.4 Å². The topological polar surface area (TPSA) is 51.2 Å². The molecular weight excluding hydrogens is 260 g/mol. The first-order chi connectivity index (χ1) is 9.00. The van der Waals surface area contributed by atoms with Gasteiger partial charge in [0.25, 0.3) is 0 Å². The van der Waals surface area contributed by atoms with E-state index in [1.165, 1.54) is 0 Å². The molecule has 3 nitrogen and oxygen atoms in total. The van der Waals surface area contributed by atoms with Gasteiger partial charge in [-0.05, 0) is 24.8 Å². The lowest BCUT2D eigenvalue weighted by atomic mass is 9.89. The molecule has 1 aliphatic carbocycles. The number of ketones is 1. The third-order valence-corrected chi connectivity index (χ3v) is 5.70. The van der Waals surface area contributed by atoms with Crippen LogP contribution in [0.25, 0.3) is 0 Å². The molecule has 0 unspecified atom stereocenters. The lowest BCUT2D eigenvalue weighted by Gasteiger charge is -2.14. The van der Waals surface area contributed by atoms with E-state index in [4.69, 9.17) is 0 Å². The van der Waals surface area contributed by atoms with Gasteiger partial charge < -0.3 is 0 Å².